The van der Waals surface area contributed by atoms with Crippen LogP contribution in [0.25, 0.3) is 22.2 Å². The van der Waals surface area contributed by atoms with Crippen LogP contribution in [0.3, 0.4) is 0 Å². The number of hydrogen-bond acceptors (Lipinski definition) is 5. The number of ether oxygens (including phenoxy) is 2. The zero-order valence-electron chi connectivity index (χ0n) is 17.7. The molecule has 166 valence electrons. The summed E-state index contributed by atoms with van der Waals surface area (Å²) in [6, 6.07) is 19.7. The fraction of sp³-hybridized carbons (Fsp3) is 0.0800. The molecule has 0 saturated heterocycles. The van der Waals surface area contributed by atoms with E-state index in [-0.39, 0.29) is 12.2 Å². The van der Waals surface area contributed by atoms with Gasteiger partial charge in [-0.05, 0) is 54.6 Å². The van der Waals surface area contributed by atoms with Gasteiger partial charge < -0.3 is 20.5 Å². The molecular formula is C25H20FN3O4. The van der Waals surface area contributed by atoms with E-state index < -0.39 is 17.6 Å². The first-order chi connectivity index (χ1) is 15.9. The molecule has 4 rings (SSSR count). The lowest BCUT2D eigenvalue weighted by molar-refractivity contribution is -0.119. The zero-order valence-corrected chi connectivity index (χ0v) is 17.7. The highest BCUT2D eigenvalue weighted by atomic mass is 19.1. The van der Waals surface area contributed by atoms with Crippen LogP contribution in [-0.2, 0) is 4.79 Å². The highest BCUT2D eigenvalue weighted by molar-refractivity contribution is 6.05. The number of methoxy groups -OCH3 is 1. The first kappa shape index (κ1) is 21.8. The van der Waals surface area contributed by atoms with Gasteiger partial charge in [0.2, 0.25) is 0 Å². The number of anilines is 1. The standard InChI is InChI=1S/C25H20FN3O4/c1-32-17-9-6-15(7-10-17)22-13-23(33-14-24(27)30)19-12-16(8-11-21(19)29-22)28-25(31)18-4-2-3-5-20(18)26/h2-13H,14H2,1H3,(H2,27,30)(H,28,31). The number of halogens is 1. The summed E-state index contributed by atoms with van der Waals surface area (Å²) in [5.74, 6) is -0.761. The van der Waals surface area contributed by atoms with E-state index in [2.05, 4.69) is 10.3 Å². The number of nitrogens with two attached hydrogens (primary N) is 1. The van der Waals surface area contributed by atoms with Crippen LogP contribution in [0.4, 0.5) is 10.1 Å². The van der Waals surface area contributed by atoms with E-state index in [1.807, 2.05) is 24.3 Å². The van der Waals surface area contributed by atoms with Gasteiger partial charge in [-0.2, -0.15) is 0 Å². The number of rotatable bonds is 7. The number of benzene rings is 3. The maximum absolute atomic E-state index is 13.9. The summed E-state index contributed by atoms with van der Waals surface area (Å²) in [6.07, 6.45) is 0. The highest BCUT2D eigenvalue weighted by Gasteiger charge is 2.14. The average Bonchev–Trinajstić information content (AvgIpc) is 2.82. The van der Waals surface area contributed by atoms with Gasteiger partial charge in [0.25, 0.3) is 11.8 Å². The second-order valence-electron chi connectivity index (χ2n) is 7.16. The molecule has 0 unspecified atom stereocenters. The van der Waals surface area contributed by atoms with E-state index >= 15 is 0 Å². The first-order valence-electron chi connectivity index (χ1n) is 10.0. The molecule has 0 aliphatic heterocycles. The largest absolute Gasteiger partial charge is 0.497 e. The lowest BCUT2D eigenvalue weighted by Crippen LogP contribution is -2.20. The predicted molar refractivity (Wildman–Crippen MR) is 123 cm³/mol. The third-order valence-electron chi connectivity index (χ3n) is 4.90. The summed E-state index contributed by atoms with van der Waals surface area (Å²) < 4.78 is 24.8. The van der Waals surface area contributed by atoms with Gasteiger partial charge in [-0.3, -0.25) is 9.59 Å². The number of amides is 2. The normalized spacial score (nSPS) is 10.6. The molecule has 3 aromatic carbocycles. The van der Waals surface area contributed by atoms with E-state index in [1.165, 1.54) is 18.2 Å². The zero-order chi connectivity index (χ0) is 23.4. The van der Waals surface area contributed by atoms with E-state index in [0.717, 1.165) is 5.56 Å². The lowest BCUT2D eigenvalue weighted by Gasteiger charge is -2.13. The van der Waals surface area contributed by atoms with Gasteiger partial charge in [0, 0.05) is 22.7 Å². The molecule has 0 aliphatic rings. The summed E-state index contributed by atoms with van der Waals surface area (Å²) >= 11 is 0. The van der Waals surface area contributed by atoms with Crippen LogP contribution >= 0.6 is 0 Å². The number of fused-ring (bicyclic) bond motifs is 1. The van der Waals surface area contributed by atoms with Gasteiger partial charge in [0.05, 0.1) is 23.9 Å². The van der Waals surface area contributed by atoms with Gasteiger partial charge in [-0.15, -0.1) is 0 Å². The predicted octanol–water partition coefficient (Wildman–Crippen LogP) is 4.17. The van der Waals surface area contributed by atoms with Crippen LogP contribution in [0.1, 0.15) is 10.4 Å². The molecule has 0 saturated carbocycles. The molecule has 33 heavy (non-hydrogen) atoms. The van der Waals surface area contributed by atoms with Gasteiger partial charge in [-0.25, -0.2) is 9.37 Å². The minimum atomic E-state index is -0.630. The van der Waals surface area contributed by atoms with E-state index in [0.29, 0.717) is 33.8 Å². The molecule has 0 spiro atoms. The molecule has 3 N–H and O–H groups in total. The second kappa shape index (κ2) is 9.35. The van der Waals surface area contributed by atoms with E-state index in [9.17, 15) is 14.0 Å². The van der Waals surface area contributed by atoms with Crippen molar-refractivity contribution in [2.75, 3.05) is 19.0 Å². The van der Waals surface area contributed by atoms with Crippen molar-refractivity contribution in [2.45, 2.75) is 0 Å². The van der Waals surface area contributed by atoms with Gasteiger partial charge >= 0.3 is 0 Å². The van der Waals surface area contributed by atoms with Crippen molar-refractivity contribution in [1.82, 2.24) is 4.98 Å². The summed E-state index contributed by atoms with van der Waals surface area (Å²) in [7, 11) is 1.58. The second-order valence-corrected chi connectivity index (χ2v) is 7.16. The minimum Gasteiger partial charge on any atom is -0.497 e. The molecule has 0 fully saturated rings. The molecule has 0 radical (unpaired) electrons. The lowest BCUT2D eigenvalue weighted by atomic mass is 10.1. The third-order valence-corrected chi connectivity index (χ3v) is 4.90. The Morgan fingerprint density at radius 1 is 1.03 bits per heavy atom. The molecule has 0 aliphatic carbocycles. The monoisotopic (exact) mass is 445 g/mol. The maximum atomic E-state index is 13.9. The third kappa shape index (κ3) is 4.90. The van der Waals surface area contributed by atoms with Crippen LogP contribution < -0.4 is 20.5 Å². The maximum Gasteiger partial charge on any atom is 0.258 e. The number of aromatic nitrogens is 1. The number of nitrogens with zero attached hydrogens (tertiary/aromatic N) is 1. The molecule has 4 aromatic rings. The van der Waals surface area contributed by atoms with Crippen molar-refractivity contribution in [3.8, 4) is 22.8 Å². The summed E-state index contributed by atoms with van der Waals surface area (Å²) in [5.41, 5.74) is 7.61. The number of primary amides is 1. The van der Waals surface area contributed by atoms with Crippen molar-refractivity contribution in [2.24, 2.45) is 5.73 Å². The fourth-order valence-electron chi connectivity index (χ4n) is 3.29. The number of carbonyl (C=O) groups excluding carboxylic acids is 2. The summed E-state index contributed by atoms with van der Waals surface area (Å²) in [4.78, 5) is 28.5. The Kier molecular flexibility index (Phi) is 6.17. The van der Waals surface area contributed by atoms with Crippen LogP contribution in [-0.4, -0.2) is 30.5 Å². The molecule has 8 heteroatoms. The Bertz CT molecular complexity index is 1340. The van der Waals surface area contributed by atoms with Crippen molar-refractivity contribution in [3.63, 3.8) is 0 Å². The number of hydrogen-bond donors (Lipinski definition) is 2. The smallest absolute Gasteiger partial charge is 0.258 e. The molecule has 0 bridgehead atoms. The van der Waals surface area contributed by atoms with Gasteiger partial charge in [0.15, 0.2) is 6.61 Å². The van der Waals surface area contributed by atoms with Crippen molar-refractivity contribution in [1.29, 1.82) is 0 Å². The summed E-state index contributed by atoms with van der Waals surface area (Å²) in [6.45, 7) is -0.326. The molecule has 1 aromatic heterocycles. The Morgan fingerprint density at radius 3 is 2.48 bits per heavy atom. The fourth-order valence-corrected chi connectivity index (χ4v) is 3.29. The van der Waals surface area contributed by atoms with Crippen LogP contribution in [0.15, 0.2) is 72.8 Å². The number of pyridine rings is 1. The first-order valence-corrected chi connectivity index (χ1v) is 10.0. The quantitative estimate of drug-likeness (QED) is 0.445. The number of nitrogens with one attached hydrogen (secondary N) is 1. The molecule has 1 heterocycles. The minimum absolute atomic E-state index is 0.0734. The molecular weight excluding hydrogens is 425 g/mol. The van der Waals surface area contributed by atoms with Crippen LogP contribution in [0, 0.1) is 5.82 Å². The molecule has 0 atom stereocenters. The Morgan fingerprint density at radius 2 is 1.79 bits per heavy atom. The highest BCUT2D eigenvalue weighted by Crippen LogP contribution is 2.32. The van der Waals surface area contributed by atoms with E-state index in [4.69, 9.17) is 15.2 Å². The Hall–Kier alpha value is -4.46. The molecule has 2 amide bonds. The molecule has 7 nitrogen and oxygen atoms in total. The SMILES string of the molecule is COc1ccc(-c2cc(OCC(N)=O)c3cc(NC(=O)c4ccccc4F)ccc3n2)cc1. The van der Waals surface area contributed by atoms with E-state index in [1.54, 1.807) is 37.4 Å². The topological polar surface area (TPSA) is 104 Å². The van der Waals surface area contributed by atoms with Crippen LogP contribution in [0.5, 0.6) is 11.5 Å². The van der Waals surface area contributed by atoms with Crippen molar-refractivity contribution < 1.29 is 23.5 Å². The van der Waals surface area contributed by atoms with Crippen LogP contribution in [0.2, 0.25) is 0 Å². The Balaban J connectivity index is 1.72. The Labute approximate surface area is 189 Å². The van der Waals surface area contributed by atoms with Gasteiger partial charge in [-0.1, -0.05) is 12.1 Å². The average molecular weight is 445 g/mol. The van der Waals surface area contributed by atoms with Crippen molar-refractivity contribution in [3.05, 3.63) is 84.2 Å². The summed E-state index contributed by atoms with van der Waals surface area (Å²) in [5, 5.41) is 3.23. The van der Waals surface area contributed by atoms with Crippen molar-refractivity contribution >= 4 is 28.4 Å². The number of carbonyl (C=O) groups is 2. The van der Waals surface area contributed by atoms with Gasteiger partial charge in [0.1, 0.15) is 17.3 Å².